The van der Waals surface area contributed by atoms with Gasteiger partial charge in [-0.25, -0.2) is 0 Å². The first-order valence-corrected chi connectivity index (χ1v) is 8.44. The minimum atomic E-state index is -0.206. The molecule has 3 aromatic rings. The Hall–Kier alpha value is -3.11. The van der Waals surface area contributed by atoms with E-state index in [-0.39, 0.29) is 12.5 Å². The Morgan fingerprint density at radius 3 is 2.50 bits per heavy atom. The van der Waals surface area contributed by atoms with Crippen LogP contribution in [0.15, 0.2) is 83.9 Å². The molecule has 4 nitrogen and oxygen atoms in total. The lowest BCUT2D eigenvalue weighted by atomic mass is 10.2. The third-order valence-corrected chi connectivity index (χ3v) is 3.71. The lowest BCUT2D eigenvalue weighted by Crippen LogP contribution is -2.20. The summed E-state index contributed by atoms with van der Waals surface area (Å²) in [5, 5.41) is 3.42. The number of anilines is 1. The summed E-state index contributed by atoms with van der Waals surface area (Å²) in [6.45, 7) is -0.0507. The van der Waals surface area contributed by atoms with Crippen molar-refractivity contribution in [1.29, 1.82) is 0 Å². The fraction of sp³-hybridized carbons (Fsp3) is 0.0476. The first-order valence-electron chi connectivity index (χ1n) is 8.06. The van der Waals surface area contributed by atoms with Crippen LogP contribution in [-0.4, -0.2) is 18.7 Å². The van der Waals surface area contributed by atoms with Gasteiger partial charge in [0.2, 0.25) is 0 Å². The SMILES string of the molecule is O=C(COc1ccc(C=Nc2cccc(Cl)c2)cc1)Nc1ccccc1. The molecule has 0 spiro atoms. The van der Waals surface area contributed by atoms with Crippen LogP contribution in [-0.2, 0) is 4.79 Å². The van der Waals surface area contributed by atoms with Crippen molar-refractivity contribution in [2.24, 2.45) is 4.99 Å². The summed E-state index contributed by atoms with van der Waals surface area (Å²) >= 11 is 5.94. The summed E-state index contributed by atoms with van der Waals surface area (Å²) in [7, 11) is 0. The molecule has 0 atom stereocenters. The number of rotatable bonds is 6. The molecular weight excluding hydrogens is 348 g/mol. The Morgan fingerprint density at radius 1 is 1.00 bits per heavy atom. The maximum atomic E-state index is 11.9. The van der Waals surface area contributed by atoms with Gasteiger partial charge in [-0.15, -0.1) is 0 Å². The van der Waals surface area contributed by atoms with E-state index in [2.05, 4.69) is 10.3 Å². The van der Waals surface area contributed by atoms with Crippen molar-refractivity contribution < 1.29 is 9.53 Å². The van der Waals surface area contributed by atoms with E-state index >= 15 is 0 Å². The van der Waals surface area contributed by atoms with Crippen molar-refractivity contribution in [3.05, 3.63) is 89.4 Å². The monoisotopic (exact) mass is 364 g/mol. The number of aliphatic imine (C=N–C) groups is 1. The summed E-state index contributed by atoms with van der Waals surface area (Å²) in [4.78, 5) is 16.2. The second-order valence-corrected chi connectivity index (χ2v) is 5.95. The van der Waals surface area contributed by atoms with Crippen molar-refractivity contribution in [2.45, 2.75) is 0 Å². The van der Waals surface area contributed by atoms with Gasteiger partial charge in [0.05, 0.1) is 5.69 Å². The van der Waals surface area contributed by atoms with Gasteiger partial charge in [-0.1, -0.05) is 35.9 Å². The first kappa shape index (κ1) is 17.7. The zero-order valence-corrected chi connectivity index (χ0v) is 14.7. The summed E-state index contributed by atoms with van der Waals surface area (Å²) < 4.78 is 5.50. The second kappa shape index (κ2) is 8.83. The van der Waals surface area contributed by atoms with E-state index in [1.807, 2.05) is 54.6 Å². The summed E-state index contributed by atoms with van der Waals surface area (Å²) in [6.07, 6.45) is 1.75. The van der Waals surface area contributed by atoms with Crippen LogP contribution in [0.2, 0.25) is 5.02 Å². The molecular formula is C21H17ClN2O2. The smallest absolute Gasteiger partial charge is 0.262 e. The maximum Gasteiger partial charge on any atom is 0.262 e. The zero-order chi connectivity index (χ0) is 18.2. The molecule has 0 aromatic heterocycles. The van der Waals surface area contributed by atoms with Gasteiger partial charge in [0.1, 0.15) is 5.75 Å². The van der Waals surface area contributed by atoms with Gasteiger partial charge in [0.15, 0.2) is 6.61 Å². The van der Waals surface area contributed by atoms with Gasteiger partial charge >= 0.3 is 0 Å². The van der Waals surface area contributed by atoms with Gasteiger partial charge in [-0.3, -0.25) is 9.79 Å². The highest BCUT2D eigenvalue weighted by Gasteiger charge is 2.03. The first-order chi connectivity index (χ1) is 12.7. The molecule has 130 valence electrons. The molecule has 0 bridgehead atoms. The molecule has 26 heavy (non-hydrogen) atoms. The van der Waals surface area contributed by atoms with Gasteiger partial charge < -0.3 is 10.1 Å². The van der Waals surface area contributed by atoms with E-state index in [1.54, 1.807) is 30.5 Å². The topological polar surface area (TPSA) is 50.7 Å². The van der Waals surface area contributed by atoms with Crippen molar-refractivity contribution in [3.63, 3.8) is 0 Å². The van der Waals surface area contributed by atoms with E-state index < -0.39 is 0 Å². The number of benzene rings is 3. The van der Waals surface area contributed by atoms with Gasteiger partial charge in [-0.05, 0) is 60.2 Å². The third-order valence-electron chi connectivity index (χ3n) is 3.48. The summed E-state index contributed by atoms with van der Waals surface area (Å²) in [6, 6.07) is 23.9. The highest BCUT2D eigenvalue weighted by Crippen LogP contribution is 2.18. The average molecular weight is 365 g/mol. The van der Waals surface area contributed by atoms with Gasteiger partial charge in [0, 0.05) is 16.9 Å². The standard InChI is InChI=1S/C21H17ClN2O2/c22-17-5-4-8-19(13-17)23-14-16-9-11-20(12-10-16)26-15-21(25)24-18-6-2-1-3-7-18/h1-14H,15H2,(H,24,25). The zero-order valence-electron chi connectivity index (χ0n) is 13.9. The number of carbonyl (C=O) groups excluding carboxylic acids is 1. The molecule has 0 fully saturated rings. The van der Waals surface area contributed by atoms with Crippen LogP contribution in [0.25, 0.3) is 0 Å². The molecule has 1 N–H and O–H groups in total. The number of ether oxygens (including phenoxy) is 1. The number of nitrogens with zero attached hydrogens (tertiary/aromatic N) is 1. The number of hydrogen-bond donors (Lipinski definition) is 1. The molecule has 0 aliphatic carbocycles. The quantitative estimate of drug-likeness (QED) is 0.618. The van der Waals surface area contributed by atoms with Crippen LogP contribution in [0.4, 0.5) is 11.4 Å². The maximum absolute atomic E-state index is 11.9. The fourth-order valence-electron chi connectivity index (χ4n) is 2.22. The number of para-hydroxylation sites is 1. The lowest BCUT2D eigenvalue weighted by Gasteiger charge is -2.07. The molecule has 0 unspecified atom stereocenters. The second-order valence-electron chi connectivity index (χ2n) is 5.51. The van der Waals surface area contributed by atoms with Gasteiger partial charge in [0.25, 0.3) is 5.91 Å². The van der Waals surface area contributed by atoms with Crippen LogP contribution >= 0.6 is 11.6 Å². The minimum Gasteiger partial charge on any atom is -0.484 e. The number of carbonyl (C=O) groups is 1. The van der Waals surface area contributed by atoms with E-state index in [4.69, 9.17) is 16.3 Å². The molecule has 0 aliphatic heterocycles. The lowest BCUT2D eigenvalue weighted by molar-refractivity contribution is -0.118. The predicted octanol–water partition coefficient (Wildman–Crippen LogP) is 5.11. The highest BCUT2D eigenvalue weighted by molar-refractivity contribution is 6.30. The molecule has 0 heterocycles. The minimum absolute atomic E-state index is 0.0507. The van der Waals surface area contributed by atoms with Crippen molar-refractivity contribution in [3.8, 4) is 5.75 Å². The van der Waals surface area contributed by atoms with E-state index in [1.165, 1.54) is 0 Å². The molecule has 3 aromatic carbocycles. The Morgan fingerprint density at radius 2 is 1.77 bits per heavy atom. The predicted molar refractivity (Wildman–Crippen MR) is 106 cm³/mol. The fourth-order valence-corrected chi connectivity index (χ4v) is 2.41. The average Bonchev–Trinajstić information content (AvgIpc) is 2.66. The van der Waals surface area contributed by atoms with E-state index in [9.17, 15) is 4.79 Å². The highest BCUT2D eigenvalue weighted by atomic mass is 35.5. The summed E-state index contributed by atoms with van der Waals surface area (Å²) in [5.74, 6) is 0.413. The van der Waals surface area contributed by atoms with Crippen LogP contribution in [0.5, 0.6) is 5.75 Å². The van der Waals surface area contributed by atoms with Crippen molar-refractivity contribution >= 4 is 35.1 Å². The summed E-state index contributed by atoms with van der Waals surface area (Å²) in [5.41, 5.74) is 2.45. The van der Waals surface area contributed by atoms with Crippen LogP contribution in [0.1, 0.15) is 5.56 Å². The van der Waals surface area contributed by atoms with Crippen LogP contribution in [0, 0.1) is 0 Å². The Kier molecular flexibility index (Phi) is 6.01. The van der Waals surface area contributed by atoms with Gasteiger partial charge in [-0.2, -0.15) is 0 Å². The molecule has 5 heteroatoms. The van der Waals surface area contributed by atoms with Crippen molar-refractivity contribution in [1.82, 2.24) is 0 Å². The molecule has 3 rings (SSSR count). The number of amides is 1. The Bertz CT molecular complexity index is 893. The van der Waals surface area contributed by atoms with Crippen molar-refractivity contribution in [2.75, 3.05) is 11.9 Å². The normalized spacial score (nSPS) is 10.7. The Labute approximate surface area is 157 Å². The molecule has 0 radical (unpaired) electrons. The molecule has 0 saturated carbocycles. The van der Waals surface area contributed by atoms with E-state index in [0.29, 0.717) is 10.8 Å². The van der Waals surface area contributed by atoms with E-state index in [0.717, 1.165) is 16.9 Å². The Balaban J connectivity index is 1.52. The number of nitrogens with one attached hydrogen (secondary N) is 1. The number of hydrogen-bond acceptors (Lipinski definition) is 3. The van der Waals surface area contributed by atoms with Crippen LogP contribution < -0.4 is 10.1 Å². The molecule has 0 saturated heterocycles. The molecule has 1 amide bonds. The van der Waals surface area contributed by atoms with Crippen LogP contribution in [0.3, 0.4) is 0 Å². The number of halogens is 1. The third kappa shape index (κ3) is 5.46. The molecule has 0 aliphatic rings. The largest absolute Gasteiger partial charge is 0.484 e.